The van der Waals surface area contributed by atoms with Gasteiger partial charge in [-0.1, -0.05) is 29.5 Å². The number of thiazole rings is 1. The molecule has 0 unspecified atom stereocenters. The highest BCUT2D eigenvalue weighted by Gasteiger charge is 2.48. The fourth-order valence-electron chi connectivity index (χ4n) is 4.17. The number of ether oxygens (including phenoxy) is 4. The van der Waals surface area contributed by atoms with E-state index in [9.17, 15) is 19.5 Å². The molecule has 198 valence electrons. The number of hydrogen-bond donors (Lipinski definition) is 1. The van der Waals surface area contributed by atoms with Crippen molar-refractivity contribution in [2.75, 3.05) is 32.8 Å². The Bertz CT molecular complexity index is 1440. The summed E-state index contributed by atoms with van der Waals surface area (Å²) in [6, 6.07) is 10.4. The SMILES string of the molecule is CCOc1ccc([C@H]2/C(=C(\O)c3cccc(OC)c3)C(=O)C(=O)N2c2nc(C)c(C(=O)OC)s2)cc1OC. The number of carbonyl (C=O) groups is 3. The van der Waals surface area contributed by atoms with E-state index in [2.05, 4.69) is 4.98 Å². The minimum Gasteiger partial charge on any atom is -0.507 e. The van der Waals surface area contributed by atoms with E-state index in [4.69, 9.17) is 18.9 Å². The molecule has 0 saturated carbocycles. The average molecular weight is 539 g/mol. The van der Waals surface area contributed by atoms with Crippen LogP contribution in [0.1, 0.15) is 39.5 Å². The number of rotatable bonds is 8. The summed E-state index contributed by atoms with van der Waals surface area (Å²) in [7, 11) is 4.20. The van der Waals surface area contributed by atoms with Crippen LogP contribution in [0.3, 0.4) is 0 Å². The van der Waals surface area contributed by atoms with Gasteiger partial charge >= 0.3 is 11.9 Å². The van der Waals surface area contributed by atoms with Gasteiger partial charge in [-0.3, -0.25) is 14.5 Å². The van der Waals surface area contributed by atoms with Crippen molar-refractivity contribution in [1.29, 1.82) is 0 Å². The van der Waals surface area contributed by atoms with Gasteiger partial charge in [0.2, 0.25) is 0 Å². The zero-order valence-corrected chi connectivity index (χ0v) is 22.3. The third-order valence-corrected chi connectivity index (χ3v) is 7.09. The van der Waals surface area contributed by atoms with E-state index in [1.54, 1.807) is 49.4 Å². The molecular formula is C27H26N2O8S. The van der Waals surface area contributed by atoms with Crippen LogP contribution in [0, 0.1) is 6.92 Å². The van der Waals surface area contributed by atoms with Gasteiger partial charge in [-0.25, -0.2) is 9.78 Å². The van der Waals surface area contributed by atoms with E-state index in [-0.39, 0.29) is 26.9 Å². The van der Waals surface area contributed by atoms with Gasteiger partial charge in [0.15, 0.2) is 16.6 Å². The van der Waals surface area contributed by atoms with E-state index < -0.39 is 23.7 Å². The van der Waals surface area contributed by atoms with E-state index in [1.165, 1.54) is 26.2 Å². The molecule has 0 bridgehead atoms. The summed E-state index contributed by atoms with van der Waals surface area (Å²) in [4.78, 5) is 44.9. The number of ketones is 1. The highest BCUT2D eigenvalue weighted by Crippen LogP contribution is 2.45. The van der Waals surface area contributed by atoms with Crippen molar-refractivity contribution >= 4 is 39.9 Å². The summed E-state index contributed by atoms with van der Waals surface area (Å²) in [6.45, 7) is 3.84. The molecular weight excluding hydrogens is 512 g/mol. The number of carbonyl (C=O) groups excluding carboxylic acids is 3. The predicted molar refractivity (Wildman–Crippen MR) is 140 cm³/mol. The number of amides is 1. The Balaban J connectivity index is 1.96. The van der Waals surface area contributed by atoms with Crippen molar-refractivity contribution in [3.63, 3.8) is 0 Å². The topological polar surface area (TPSA) is 124 Å². The summed E-state index contributed by atoms with van der Waals surface area (Å²) in [5.74, 6) is -1.50. The number of hydrogen-bond acceptors (Lipinski definition) is 10. The molecule has 38 heavy (non-hydrogen) atoms. The van der Waals surface area contributed by atoms with E-state index in [0.29, 0.717) is 35.1 Å². The average Bonchev–Trinajstić information content (AvgIpc) is 3.44. The van der Waals surface area contributed by atoms with Crippen LogP contribution < -0.4 is 19.1 Å². The second kappa shape index (κ2) is 10.9. The number of nitrogens with zero attached hydrogens (tertiary/aromatic N) is 2. The fourth-order valence-corrected chi connectivity index (χ4v) is 5.18. The lowest BCUT2D eigenvalue weighted by Gasteiger charge is -2.24. The fraction of sp³-hybridized carbons (Fsp3) is 0.259. The first-order valence-electron chi connectivity index (χ1n) is 11.6. The smallest absolute Gasteiger partial charge is 0.350 e. The van der Waals surface area contributed by atoms with Gasteiger partial charge in [0, 0.05) is 5.56 Å². The van der Waals surface area contributed by atoms with Crippen LogP contribution in [0.5, 0.6) is 17.2 Å². The molecule has 1 fully saturated rings. The van der Waals surface area contributed by atoms with Gasteiger partial charge in [-0.15, -0.1) is 0 Å². The van der Waals surface area contributed by atoms with Crippen molar-refractivity contribution in [1.82, 2.24) is 4.98 Å². The largest absolute Gasteiger partial charge is 0.507 e. The normalized spacial score (nSPS) is 16.4. The maximum Gasteiger partial charge on any atom is 0.350 e. The molecule has 1 saturated heterocycles. The van der Waals surface area contributed by atoms with Crippen molar-refractivity contribution in [3.8, 4) is 17.2 Å². The van der Waals surface area contributed by atoms with Gasteiger partial charge in [0.1, 0.15) is 16.4 Å². The Hall–Kier alpha value is -4.38. The molecule has 0 aliphatic carbocycles. The highest BCUT2D eigenvalue weighted by molar-refractivity contribution is 7.17. The lowest BCUT2D eigenvalue weighted by molar-refractivity contribution is -0.132. The van der Waals surface area contributed by atoms with Crippen molar-refractivity contribution in [2.24, 2.45) is 0 Å². The molecule has 0 spiro atoms. The molecule has 4 rings (SSSR count). The van der Waals surface area contributed by atoms with E-state index in [0.717, 1.165) is 11.3 Å². The number of aliphatic hydroxyl groups excluding tert-OH is 1. The molecule has 1 aromatic heterocycles. The molecule has 1 atom stereocenters. The zero-order chi connectivity index (χ0) is 27.6. The van der Waals surface area contributed by atoms with Crippen molar-refractivity contribution in [3.05, 3.63) is 69.7 Å². The molecule has 1 aliphatic heterocycles. The Labute approximate surface area is 223 Å². The van der Waals surface area contributed by atoms with Crippen LogP contribution >= 0.6 is 11.3 Å². The van der Waals surface area contributed by atoms with Gasteiger partial charge < -0.3 is 24.1 Å². The number of aliphatic hydroxyl groups is 1. The molecule has 2 aromatic carbocycles. The molecule has 3 aromatic rings. The number of methoxy groups -OCH3 is 3. The second-order valence-electron chi connectivity index (χ2n) is 8.15. The molecule has 10 nitrogen and oxygen atoms in total. The van der Waals surface area contributed by atoms with Crippen molar-refractivity contribution < 1.29 is 38.4 Å². The van der Waals surface area contributed by atoms with Crippen LogP contribution in [-0.2, 0) is 14.3 Å². The summed E-state index contributed by atoms with van der Waals surface area (Å²) in [5.41, 5.74) is 0.939. The predicted octanol–water partition coefficient (Wildman–Crippen LogP) is 4.28. The van der Waals surface area contributed by atoms with Gasteiger partial charge in [0.05, 0.1) is 45.2 Å². The number of esters is 1. The van der Waals surface area contributed by atoms with Gasteiger partial charge in [-0.05, 0) is 43.7 Å². The van der Waals surface area contributed by atoms with E-state index in [1.807, 2.05) is 6.92 Å². The number of benzene rings is 2. The maximum absolute atomic E-state index is 13.4. The van der Waals surface area contributed by atoms with E-state index >= 15 is 0 Å². The summed E-state index contributed by atoms with van der Waals surface area (Å²) >= 11 is 0.918. The minimum atomic E-state index is -1.08. The van der Waals surface area contributed by atoms with Gasteiger partial charge in [-0.2, -0.15) is 0 Å². The summed E-state index contributed by atoms with van der Waals surface area (Å²) in [5, 5.41) is 11.5. The number of anilines is 1. The lowest BCUT2D eigenvalue weighted by Crippen LogP contribution is -2.29. The maximum atomic E-state index is 13.4. The molecule has 1 N–H and O–H groups in total. The molecule has 2 heterocycles. The Morgan fingerprint density at radius 1 is 1.08 bits per heavy atom. The first kappa shape index (κ1) is 26.7. The van der Waals surface area contributed by atoms with Crippen LogP contribution in [0.15, 0.2) is 48.0 Å². The first-order chi connectivity index (χ1) is 18.2. The molecule has 1 aliphatic rings. The first-order valence-corrected chi connectivity index (χ1v) is 12.4. The quantitative estimate of drug-likeness (QED) is 0.194. The summed E-state index contributed by atoms with van der Waals surface area (Å²) in [6.07, 6.45) is 0. The Morgan fingerprint density at radius 3 is 2.50 bits per heavy atom. The third-order valence-electron chi connectivity index (χ3n) is 5.95. The van der Waals surface area contributed by atoms with Crippen LogP contribution in [0.25, 0.3) is 5.76 Å². The van der Waals surface area contributed by atoms with Crippen LogP contribution in [-0.4, -0.2) is 55.7 Å². The monoisotopic (exact) mass is 538 g/mol. The lowest BCUT2D eigenvalue weighted by atomic mass is 9.95. The Kier molecular flexibility index (Phi) is 7.67. The number of aryl methyl sites for hydroxylation is 1. The number of Topliss-reactive ketones (excluding diaryl/α,β-unsaturated/α-hetero) is 1. The standard InChI is InChI=1S/C27H26N2O8S/c1-6-37-18-11-10-15(13-19(18)35-4)21-20(22(30)16-8-7-9-17(12-16)34-3)23(31)25(32)29(21)27-28-14(2)24(38-27)26(33)36-5/h7-13,21,30H,6H2,1-5H3/b22-20+/t21-/m0/s1. The van der Waals surface area contributed by atoms with Gasteiger partial charge in [0.25, 0.3) is 5.78 Å². The third kappa shape index (κ3) is 4.68. The van der Waals surface area contributed by atoms with Crippen LogP contribution in [0.4, 0.5) is 5.13 Å². The molecule has 0 radical (unpaired) electrons. The van der Waals surface area contributed by atoms with Crippen LogP contribution in [0.2, 0.25) is 0 Å². The Morgan fingerprint density at radius 2 is 1.84 bits per heavy atom. The second-order valence-corrected chi connectivity index (χ2v) is 9.12. The minimum absolute atomic E-state index is 0.104. The van der Waals surface area contributed by atoms with Crippen molar-refractivity contribution in [2.45, 2.75) is 19.9 Å². The number of aromatic nitrogens is 1. The molecule has 11 heteroatoms. The zero-order valence-electron chi connectivity index (χ0n) is 21.4. The summed E-state index contributed by atoms with van der Waals surface area (Å²) < 4.78 is 21.2. The molecule has 1 amide bonds. The highest BCUT2D eigenvalue weighted by atomic mass is 32.1.